The van der Waals surface area contributed by atoms with Crippen molar-refractivity contribution in [1.29, 1.82) is 0 Å². The first-order valence-corrected chi connectivity index (χ1v) is 6.17. The lowest BCUT2D eigenvalue weighted by Gasteiger charge is -2.12. The van der Waals surface area contributed by atoms with Crippen LogP contribution in [0.5, 0.6) is 0 Å². The molecule has 0 aromatic carbocycles. The van der Waals surface area contributed by atoms with Crippen molar-refractivity contribution in [1.82, 2.24) is 4.40 Å². The Balaban J connectivity index is 0.00000120. The van der Waals surface area contributed by atoms with Gasteiger partial charge in [0.2, 0.25) is 0 Å². The standard InChI is InChI=1S/C14H16N2O.ClH/c15-8-7-10-11-4-3-6-13(17)14(11)16-9-2-1-5-12(10)16;/h1-2,5,9H,3-4,6-8,15H2;1H. The van der Waals surface area contributed by atoms with E-state index < -0.39 is 0 Å². The van der Waals surface area contributed by atoms with Gasteiger partial charge in [-0.3, -0.25) is 4.79 Å². The summed E-state index contributed by atoms with van der Waals surface area (Å²) in [4.78, 5) is 12.1. The highest BCUT2D eigenvalue weighted by molar-refractivity contribution is 5.99. The van der Waals surface area contributed by atoms with Gasteiger partial charge in [0.15, 0.2) is 5.78 Å². The van der Waals surface area contributed by atoms with Crippen molar-refractivity contribution in [2.45, 2.75) is 25.7 Å². The molecule has 0 unspecified atom stereocenters. The van der Waals surface area contributed by atoms with E-state index >= 15 is 0 Å². The molecule has 4 heteroatoms. The molecule has 0 amide bonds. The molecule has 0 radical (unpaired) electrons. The Bertz CT molecular complexity index is 589. The van der Waals surface area contributed by atoms with E-state index in [1.807, 2.05) is 22.7 Å². The van der Waals surface area contributed by atoms with Gasteiger partial charge in [0.25, 0.3) is 0 Å². The lowest BCUT2D eigenvalue weighted by molar-refractivity contribution is 0.0966. The molecule has 0 bridgehead atoms. The van der Waals surface area contributed by atoms with E-state index in [0.717, 1.165) is 30.5 Å². The van der Waals surface area contributed by atoms with Gasteiger partial charge in [-0.25, -0.2) is 0 Å². The van der Waals surface area contributed by atoms with Gasteiger partial charge in [-0.2, -0.15) is 0 Å². The van der Waals surface area contributed by atoms with Gasteiger partial charge in [0.1, 0.15) is 0 Å². The summed E-state index contributed by atoms with van der Waals surface area (Å²) in [5.74, 6) is 0.274. The number of carbonyl (C=O) groups excluding carboxylic acids is 1. The molecule has 0 fully saturated rings. The van der Waals surface area contributed by atoms with E-state index in [-0.39, 0.29) is 18.2 Å². The number of halogens is 1. The highest BCUT2D eigenvalue weighted by Gasteiger charge is 2.25. The quantitative estimate of drug-likeness (QED) is 0.905. The number of fused-ring (bicyclic) bond motifs is 3. The summed E-state index contributed by atoms with van der Waals surface area (Å²) in [5, 5.41) is 0. The maximum atomic E-state index is 12.1. The first-order chi connectivity index (χ1) is 8.33. The molecule has 1 aliphatic carbocycles. The number of nitrogens with two attached hydrogens (primary N) is 1. The van der Waals surface area contributed by atoms with Crippen molar-refractivity contribution in [3.05, 3.63) is 41.2 Å². The Labute approximate surface area is 112 Å². The number of pyridine rings is 1. The molecule has 2 N–H and O–H groups in total. The summed E-state index contributed by atoms with van der Waals surface area (Å²) in [7, 11) is 0. The molecule has 18 heavy (non-hydrogen) atoms. The Morgan fingerprint density at radius 1 is 1.28 bits per heavy atom. The minimum atomic E-state index is 0. The van der Waals surface area contributed by atoms with Crippen molar-refractivity contribution >= 4 is 23.7 Å². The molecule has 0 saturated heterocycles. The molecule has 0 spiro atoms. The van der Waals surface area contributed by atoms with Gasteiger partial charge in [0.05, 0.1) is 5.69 Å². The molecule has 96 valence electrons. The highest BCUT2D eigenvalue weighted by atomic mass is 35.5. The van der Waals surface area contributed by atoms with Crippen LogP contribution in [0, 0.1) is 0 Å². The maximum Gasteiger partial charge on any atom is 0.179 e. The fraction of sp³-hybridized carbons (Fsp3) is 0.357. The first kappa shape index (κ1) is 13.1. The van der Waals surface area contributed by atoms with Crippen LogP contribution in [0.25, 0.3) is 5.52 Å². The topological polar surface area (TPSA) is 47.5 Å². The van der Waals surface area contributed by atoms with E-state index in [1.54, 1.807) is 0 Å². The number of Topliss-reactive ketones (excluding diaryl/α,β-unsaturated/α-hetero) is 1. The first-order valence-electron chi connectivity index (χ1n) is 6.17. The largest absolute Gasteiger partial charge is 0.330 e. The highest BCUT2D eigenvalue weighted by Crippen LogP contribution is 2.30. The van der Waals surface area contributed by atoms with E-state index in [0.29, 0.717) is 13.0 Å². The average molecular weight is 265 g/mol. The summed E-state index contributed by atoms with van der Waals surface area (Å²) in [6.45, 7) is 0.634. The van der Waals surface area contributed by atoms with Crippen LogP contribution >= 0.6 is 12.4 Å². The summed E-state index contributed by atoms with van der Waals surface area (Å²) in [6, 6.07) is 6.07. The molecule has 0 saturated carbocycles. The zero-order chi connectivity index (χ0) is 11.8. The molecular weight excluding hydrogens is 248 g/mol. The third-order valence-corrected chi connectivity index (χ3v) is 3.55. The molecule has 1 aliphatic rings. The normalized spacial score (nSPS) is 14.4. The molecular formula is C14H17ClN2O. The summed E-state index contributed by atoms with van der Waals surface area (Å²) >= 11 is 0. The second kappa shape index (κ2) is 5.12. The molecule has 0 aliphatic heterocycles. The number of hydrogen-bond acceptors (Lipinski definition) is 2. The van der Waals surface area contributed by atoms with Crippen molar-refractivity contribution in [2.24, 2.45) is 5.73 Å². The van der Waals surface area contributed by atoms with Crippen LogP contribution in [0.1, 0.15) is 34.5 Å². The van der Waals surface area contributed by atoms with Gasteiger partial charge in [-0.15, -0.1) is 12.4 Å². The molecule has 3 nitrogen and oxygen atoms in total. The van der Waals surface area contributed by atoms with Crippen molar-refractivity contribution < 1.29 is 4.79 Å². The SMILES string of the molecule is Cl.NCCc1c2c(n3ccccc13)C(=O)CCC2. The van der Waals surface area contributed by atoms with E-state index in [1.165, 1.54) is 11.1 Å². The molecule has 3 rings (SSSR count). The Morgan fingerprint density at radius 3 is 2.89 bits per heavy atom. The number of aromatic nitrogens is 1. The summed E-state index contributed by atoms with van der Waals surface area (Å²) < 4.78 is 2.04. The lowest BCUT2D eigenvalue weighted by Crippen LogP contribution is -2.13. The van der Waals surface area contributed by atoms with Crippen molar-refractivity contribution in [3.63, 3.8) is 0 Å². The number of hydrogen-bond donors (Lipinski definition) is 1. The number of ketones is 1. The Kier molecular flexibility index (Phi) is 3.73. The van der Waals surface area contributed by atoms with E-state index in [2.05, 4.69) is 6.07 Å². The fourth-order valence-electron chi connectivity index (χ4n) is 2.87. The zero-order valence-electron chi connectivity index (χ0n) is 10.2. The fourth-order valence-corrected chi connectivity index (χ4v) is 2.87. The second-order valence-electron chi connectivity index (χ2n) is 4.58. The maximum absolute atomic E-state index is 12.1. The number of carbonyl (C=O) groups is 1. The van der Waals surface area contributed by atoms with Gasteiger partial charge in [-0.1, -0.05) is 6.07 Å². The second-order valence-corrected chi connectivity index (χ2v) is 4.58. The van der Waals surface area contributed by atoms with Gasteiger partial charge in [-0.05, 0) is 49.1 Å². The smallest absolute Gasteiger partial charge is 0.179 e. The zero-order valence-corrected chi connectivity index (χ0v) is 11.0. The summed E-state index contributed by atoms with van der Waals surface area (Å²) in [6.07, 6.45) is 5.50. The Morgan fingerprint density at radius 2 is 2.11 bits per heavy atom. The van der Waals surface area contributed by atoms with Crippen molar-refractivity contribution in [3.8, 4) is 0 Å². The minimum absolute atomic E-state index is 0. The third kappa shape index (κ3) is 1.84. The van der Waals surface area contributed by atoms with Crippen LogP contribution in [0.2, 0.25) is 0 Å². The van der Waals surface area contributed by atoms with Crippen LogP contribution in [0.15, 0.2) is 24.4 Å². The monoisotopic (exact) mass is 264 g/mol. The van der Waals surface area contributed by atoms with Crippen LogP contribution in [-0.2, 0) is 12.8 Å². The summed E-state index contributed by atoms with van der Waals surface area (Å²) in [5.41, 5.74) is 10.2. The van der Waals surface area contributed by atoms with Crippen LogP contribution in [-0.4, -0.2) is 16.7 Å². The van der Waals surface area contributed by atoms with Crippen LogP contribution < -0.4 is 5.73 Å². The number of nitrogens with zero attached hydrogens (tertiary/aromatic N) is 1. The van der Waals surface area contributed by atoms with E-state index in [9.17, 15) is 4.79 Å². The van der Waals surface area contributed by atoms with Crippen molar-refractivity contribution in [2.75, 3.05) is 6.54 Å². The van der Waals surface area contributed by atoms with Gasteiger partial charge >= 0.3 is 0 Å². The van der Waals surface area contributed by atoms with Gasteiger partial charge in [0, 0.05) is 18.1 Å². The number of rotatable bonds is 2. The molecule has 2 aromatic heterocycles. The predicted octanol–water partition coefficient (Wildman–Crippen LogP) is 2.38. The lowest BCUT2D eigenvalue weighted by atomic mass is 9.93. The van der Waals surface area contributed by atoms with Crippen LogP contribution in [0.4, 0.5) is 0 Å². The van der Waals surface area contributed by atoms with E-state index in [4.69, 9.17) is 5.73 Å². The van der Waals surface area contributed by atoms with Crippen LogP contribution in [0.3, 0.4) is 0 Å². The molecule has 0 atom stereocenters. The molecule has 2 heterocycles. The van der Waals surface area contributed by atoms with Gasteiger partial charge < -0.3 is 10.1 Å². The predicted molar refractivity (Wildman–Crippen MR) is 74.7 cm³/mol. The molecule has 2 aromatic rings. The minimum Gasteiger partial charge on any atom is -0.330 e. The average Bonchev–Trinajstić information content (AvgIpc) is 2.66. The Hall–Kier alpha value is -1.32. The third-order valence-electron chi connectivity index (χ3n) is 3.55.